The van der Waals surface area contributed by atoms with Crippen LogP contribution in [0.1, 0.15) is 6.42 Å². The van der Waals surface area contributed by atoms with Crippen LogP contribution in [0.2, 0.25) is 0 Å². The largest absolute Gasteiger partial charge is 0.439 e. The van der Waals surface area contributed by atoms with Crippen molar-refractivity contribution in [3.05, 3.63) is 30.3 Å². The number of hydrogen-bond donors (Lipinski definition) is 0. The predicted molar refractivity (Wildman–Crippen MR) is 61.1 cm³/mol. The number of anilines is 1. The quantitative estimate of drug-likeness (QED) is 0.762. The van der Waals surface area contributed by atoms with Gasteiger partial charge in [0.05, 0.1) is 6.54 Å². The van der Waals surface area contributed by atoms with E-state index in [0.29, 0.717) is 6.54 Å². The Bertz CT molecular complexity index is 391. The summed E-state index contributed by atoms with van der Waals surface area (Å²) in [6.45, 7) is 0.619. The third-order valence-electron chi connectivity index (χ3n) is 2.26. The van der Waals surface area contributed by atoms with Crippen LogP contribution in [0, 0.1) is 0 Å². The normalized spacial score (nSPS) is 13.9. The monoisotopic (exact) mass is 219 g/mol. The third-order valence-corrected chi connectivity index (χ3v) is 2.26. The second-order valence-corrected chi connectivity index (χ2v) is 3.41. The highest BCUT2D eigenvalue weighted by molar-refractivity contribution is 5.86. The molecule has 0 aliphatic carbocycles. The first-order valence-corrected chi connectivity index (χ1v) is 5.08. The average Bonchev–Trinajstić information content (AvgIpc) is 2.82. The van der Waals surface area contributed by atoms with Gasteiger partial charge in [-0.05, 0) is 12.1 Å². The molecule has 0 fully saturated rings. The summed E-state index contributed by atoms with van der Waals surface area (Å²) < 4.78 is 0. The topological polar surface area (TPSA) is 45.1 Å². The molecule has 5 heteroatoms. The Kier molecular flexibility index (Phi) is 3.05. The molecular weight excluding hydrogens is 206 g/mol. The maximum Gasteiger partial charge on any atom is 0.439 e. The summed E-state index contributed by atoms with van der Waals surface area (Å²) in [4.78, 5) is 18.2. The molecule has 0 saturated carbocycles. The van der Waals surface area contributed by atoms with Crippen LogP contribution in [-0.4, -0.2) is 31.1 Å². The summed E-state index contributed by atoms with van der Waals surface area (Å²) in [5.41, 5.74) is 0.788. The number of hydroxylamine groups is 1. The van der Waals surface area contributed by atoms with Crippen LogP contribution in [0.5, 0.6) is 0 Å². The molecule has 84 valence electrons. The van der Waals surface area contributed by atoms with Crippen LogP contribution in [0.4, 0.5) is 10.5 Å². The molecule has 0 radical (unpaired) electrons. The smallest absolute Gasteiger partial charge is 0.303 e. The Morgan fingerprint density at radius 1 is 1.44 bits per heavy atom. The standard InChI is InChI=1S/C11H13N3O2/c1-13(10-6-3-2-4-7-10)11(15)16-14-9-5-8-12-14/h2-4,6-8H,5,9H2,1H3. The van der Waals surface area contributed by atoms with Crippen molar-refractivity contribution in [1.82, 2.24) is 5.17 Å². The zero-order valence-corrected chi connectivity index (χ0v) is 9.04. The van der Waals surface area contributed by atoms with Gasteiger partial charge in [-0.3, -0.25) is 4.90 Å². The molecule has 1 aliphatic heterocycles. The van der Waals surface area contributed by atoms with E-state index in [1.54, 1.807) is 13.3 Å². The zero-order valence-electron chi connectivity index (χ0n) is 9.04. The molecule has 0 aromatic heterocycles. The summed E-state index contributed by atoms with van der Waals surface area (Å²) in [6.07, 6.45) is 2.09. The van der Waals surface area contributed by atoms with E-state index < -0.39 is 6.09 Å². The van der Waals surface area contributed by atoms with E-state index >= 15 is 0 Å². The lowest BCUT2D eigenvalue weighted by Gasteiger charge is -2.19. The molecular formula is C11H13N3O2. The minimum atomic E-state index is -0.440. The second-order valence-electron chi connectivity index (χ2n) is 3.41. The van der Waals surface area contributed by atoms with Gasteiger partial charge in [0.2, 0.25) is 0 Å². The lowest BCUT2D eigenvalue weighted by Crippen LogP contribution is -2.32. The highest BCUT2D eigenvalue weighted by atomic mass is 16.7. The molecule has 0 N–H and O–H groups in total. The van der Waals surface area contributed by atoms with E-state index in [1.165, 1.54) is 10.1 Å². The van der Waals surface area contributed by atoms with E-state index in [0.717, 1.165) is 12.1 Å². The number of carbonyl (C=O) groups is 1. The highest BCUT2D eigenvalue weighted by Crippen LogP contribution is 2.13. The third kappa shape index (κ3) is 2.31. The van der Waals surface area contributed by atoms with Gasteiger partial charge >= 0.3 is 6.09 Å². The molecule has 0 bridgehead atoms. The number of amides is 1. The molecule has 16 heavy (non-hydrogen) atoms. The maximum absolute atomic E-state index is 11.7. The van der Waals surface area contributed by atoms with Gasteiger partial charge in [0.1, 0.15) is 0 Å². The highest BCUT2D eigenvalue weighted by Gasteiger charge is 2.17. The SMILES string of the molecule is CN(C(=O)ON1CCC=N1)c1ccccc1. The van der Waals surface area contributed by atoms with Crippen molar-refractivity contribution >= 4 is 18.0 Å². The molecule has 1 aromatic carbocycles. The first kappa shape index (κ1) is 10.5. The summed E-state index contributed by atoms with van der Waals surface area (Å²) in [5, 5.41) is 5.18. The van der Waals surface area contributed by atoms with Crippen LogP contribution in [-0.2, 0) is 4.84 Å². The van der Waals surface area contributed by atoms with E-state index in [2.05, 4.69) is 5.10 Å². The van der Waals surface area contributed by atoms with Crippen molar-refractivity contribution in [3.8, 4) is 0 Å². The fourth-order valence-corrected chi connectivity index (χ4v) is 1.35. The number of para-hydroxylation sites is 1. The first-order valence-electron chi connectivity index (χ1n) is 5.08. The van der Waals surface area contributed by atoms with E-state index in [9.17, 15) is 4.79 Å². The fourth-order valence-electron chi connectivity index (χ4n) is 1.35. The van der Waals surface area contributed by atoms with Gasteiger partial charge in [0.25, 0.3) is 0 Å². The lowest BCUT2D eigenvalue weighted by atomic mass is 10.3. The van der Waals surface area contributed by atoms with E-state index in [4.69, 9.17) is 4.84 Å². The minimum absolute atomic E-state index is 0.440. The van der Waals surface area contributed by atoms with Gasteiger partial charge in [-0.1, -0.05) is 18.2 Å². The van der Waals surface area contributed by atoms with Crippen molar-refractivity contribution in [3.63, 3.8) is 0 Å². The zero-order chi connectivity index (χ0) is 11.4. The molecule has 2 rings (SSSR count). The van der Waals surface area contributed by atoms with Gasteiger partial charge in [-0.15, -0.1) is 5.17 Å². The predicted octanol–water partition coefficient (Wildman–Crippen LogP) is 1.87. The number of rotatable bonds is 2. The van der Waals surface area contributed by atoms with Gasteiger partial charge < -0.3 is 4.84 Å². The summed E-state index contributed by atoms with van der Waals surface area (Å²) >= 11 is 0. The average molecular weight is 219 g/mol. The molecule has 5 nitrogen and oxygen atoms in total. The van der Waals surface area contributed by atoms with Crippen LogP contribution in [0.15, 0.2) is 35.4 Å². The Morgan fingerprint density at radius 2 is 2.19 bits per heavy atom. The molecule has 1 amide bonds. The molecule has 1 heterocycles. The van der Waals surface area contributed by atoms with Gasteiger partial charge in [-0.25, -0.2) is 4.79 Å². The van der Waals surface area contributed by atoms with Gasteiger partial charge in [0.15, 0.2) is 0 Å². The molecule has 0 spiro atoms. The van der Waals surface area contributed by atoms with Crippen molar-refractivity contribution < 1.29 is 9.63 Å². The Labute approximate surface area is 93.9 Å². The van der Waals surface area contributed by atoms with Crippen molar-refractivity contribution in [2.45, 2.75) is 6.42 Å². The molecule has 0 saturated heterocycles. The van der Waals surface area contributed by atoms with Crippen molar-refractivity contribution in [1.29, 1.82) is 0 Å². The van der Waals surface area contributed by atoms with Crippen LogP contribution < -0.4 is 4.90 Å². The Hall–Kier alpha value is -2.04. The number of benzene rings is 1. The Morgan fingerprint density at radius 3 is 2.81 bits per heavy atom. The van der Waals surface area contributed by atoms with E-state index in [1.807, 2.05) is 30.3 Å². The lowest BCUT2D eigenvalue weighted by molar-refractivity contribution is -0.0860. The molecule has 0 atom stereocenters. The minimum Gasteiger partial charge on any atom is -0.303 e. The summed E-state index contributed by atoms with van der Waals surface area (Å²) in [6, 6.07) is 9.32. The van der Waals surface area contributed by atoms with Crippen LogP contribution in [0.3, 0.4) is 0 Å². The summed E-state index contributed by atoms with van der Waals surface area (Å²) in [7, 11) is 1.66. The van der Waals surface area contributed by atoms with Crippen molar-refractivity contribution in [2.24, 2.45) is 5.10 Å². The number of hydrazone groups is 1. The molecule has 1 aromatic rings. The number of carbonyl (C=O) groups excluding carboxylic acids is 1. The first-order chi connectivity index (χ1) is 7.77. The fraction of sp³-hybridized carbons (Fsp3) is 0.273. The summed E-state index contributed by atoms with van der Waals surface area (Å²) in [5.74, 6) is 0. The van der Waals surface area contributed by atoms with E-state index in [-0.39, 0.29) is 0 Å². The Balaban J connectivity index is 1.96. The second kappa shape index (κ2) is 4.65. The molecule has 0 unspecified atom stereocenters. The molecule has 1 aliphatic rings. The van der Waals surface area contributed by atoms with Crippen LogP contribution in [0.25, 0.3) is 0 Å². The maximum atomic E-state index is 11.7. The number of nitrogens with zero attached hydrogens (tertiary/aromatic N) is 3. The van der Waals surface area contributed by atoms with Crippen molar-refractivity contribution in [2.75, 3.05) is 18.5 Å². The van der Waals surface area contributed by atoms with Crippen LogP contribution >= 0.6 is 0 Å². The van der Waals surface area contributed by atoms with Gasteiger partial charge in [0, 0.05) is 25.4 Å². The number of hydrogen-bond acceptors (Lipinski definition) is 4. The van der Waals surface area contributed by atoms with Gasteiger partial charge in [-0.2, -0.15) is 5.10 Å².